The Morgan fingerprint density at radius 2 is 1.94 bits per heavy atom. The number of hydrogen-bond acceptors (Lipinski definition) is 5. The van der Waals surface area contributed by atoms with Gasteiger partial charge in [0, 0.05) is 9.13 Å². The number of carbonyl (C=O) groups is 1. The zero-order valence-corrected chi connectivity index (χ0v) is 22.7. The fourth-order valence-corrected chi connectivity index (χ4v) is 4.03. The van der Waals surface area contributed by atoms with Gasteiger partial charge in [-0.15, -0.1) is 5.10 Å². The zero-order chi connectivity index (χ0) is 25.9. The van der Waals surface area contributed by atoms with E-state index in [-0.39, 0.29) is 12.4 Å². The van der Waals surface area contributed by atoms with Crippen molar-refractivity contribution < 1.29 is 18.7 Å². The van der Waals surface area contributed by atoms with Crippen LogP contribution in [0.2, 0.25) is 5.02 Å². The molecule has 0 saturated heterocycles. The predicted molar refractivity (Wildman–Crippen MR) is 145 cm³/mol. The number of ether oxygens (including phenoxy) is 2. The van der Waals surface area contributed by atoms with Crippen LogP contribution >= 0.6 is 34.2 Å². The summed E-state index contributed by atoms with van der Waals surface area (Å²) >= 11 is 8.60. The van der Waals surface area contributed by atoms with E-state index in [9.17, 15) is 9.18 Å². The molecule has 1 heterocycles. The van der Waals surface area contributed by atoms with E-state index < -0.39 is 11.7 Å². The van der Waals surface area contributed by atoms with Crippen LogP contribution in [0.1, 0.15) is 26.3 Å². The largest absolute Gasteiger partial charge is 0.487 e. The van der Waals surface area contributed by atoms with Crippen molar-refractivity contribution in [2.45, 2.75) is 33.0 Å². The van der Waals surface area contributed by atoms with Gasteiger partial charge in [0.1, 0.15) is 29.5 Å². The fraction of sp³-hybridized carbons (Fsp3) is 0.192. The summed E-state index contributed by atoms with van der Waals surface area (Å²) in [4.78, 5) is 12.4. The van der Waals surface area contributed by atoms with E-state index in [0.717, 1.165) is 3.57 Å². The predicted octanol–water partition coefficient (Wildman–Crippen LogP) is 7.26. The molecule has 10 heteroatoms. The Hall–Kier alpha value is -3.18. The van der Waals surface area contributed by atoms with Crippen LogP contribution in [0.5, 0.6) is 5.75 Å². The number of nitrogens with zero attached hydrogens (tertiary/aromatic N) is 3. The zero-order valence-electron chi connectivity index (χ0n) is 19.8. The SMILES string of the molecule is CC(C)(C)OC(=O)Nc1cc(I)ccc1-c1cn(-c2ccc(OCc3cccc(F)c3)c(Cl)c2)nn1. The Morgan fingerprint density at radius 3 is 2.67 bits per heavy atom. The van der Waals surface area contributed by atoms with Gasteiger partial charge >= 0.3 is 6.09 Å². The molecule has 1 amide bonds. The molecule has 4 rings (SSSR count). The second-order valence-electron chi connectivity index (χ2n) is 8.90. The van der Waals surface area contributed by atoms with E-state index >= 15 is 0 Å². The van der Waals surface area contributed by atoms with E-state index in [0.29, 0.717) is 39.0 Å². The Morgan fingerprint density at radius 1 is 1.14 bits per heavy atom. The summed E-state index contributed by atoms with van der Waals surface area (Å²) in [6.07, 6.45) is 1.18. The summed E-state index contributed by atoms with van der Waals surface area (Å²) in [5.41, 5.74) is 2.55. The molecule has 3 aromatic carbocycles. The molecule has 4 aromatic rings. The van der Waals surface area contributed by atoms with E-state index in [1.54, 1.807) is 62.0 Å². The average molecular weight is 621 g/mol. The maximum atomic E-state index is 13.4. The van der Waals surface area contributed by atoms with Crippen LogP contribution in [0, 0.1) is 9.39 Å². The number of rotatable bonds is 6. The normalized spacial score (nSPS) is 11.3. The summed E-state index contributed by atoms with van der Waals surface area (Å²) in [5.74, 6) is 0.142. The van der Waals surface area contributed by atoms with Crippen LogP contribution in [0.15, 0.2) is 66.9 Å². The molecule has 0 aliphatic heterocycles. The van der Waals surface area contributed by atoms with Crippen LogP contribution in [0.4, 0.5) is 14.9 Å². The molecule has 0 unspecified atom stereocenters. The summed E-state index contributed by atoms with van der Waals surface area (Å²) in [6, 6.07) is 17.0. The lowest BCUT2D eigenvalue weighted by molar-refractivity contribution is 0.0636. The highest BCUT2D eigenvalue weighted by Crippen LogP contribution is 2.31. The molecule has 0 aliphatic rings. The van der Waals surface area contributed by atoms with Gasteiger partial charge in [-0.25, -0.2) is 13.9 Å². The van der Waals surface area contributed by atoms with E-state index in [1.165, 1.54) is 12.1 Å². The molecular formula is C26H23ClFIN4O3. The van der Waals surface area contributed by atoms with Crippen LogP contribution in [0.25, 0.3) is 16.9 Å². The van der Waals surface area contributed by atoms with Gasteiger partial charge in [0.15, 0.2) is 0 Å². The molecule has 0 fully saturated rings. The van der Waals surface area contributed by atoms with Crippen LogP contribution in [0.3, 0.4) is 0 Å². The molecule has 1 N–H and O–H groups in total. The number of carbonyl (C=O) groups excluding carboxylic acids is 1. The van der Waals surface area contributed by atoms with Crippen LogP contribution in [-0.2, 0) is 11.3 Å². The van der Waals surface area contributed by atoms with Crippen LogP contribution in [-0.4, -0.2) is 26.7 Å². The molecule has 0 atom stereocenters. The first-order valence-electron chi connectivity index (χ1n) is 11.0. The van der Waals surface area contributed by atoms with Crippen molar-refractivity contribution in [1.29, 1.82) is 0 Å². The number of hydrogen-bond donors (Lipinski definition) is 1. The second kappa shape index (κ2) is 10.8. The third kappa shape index (κ3) is 6.73. The lowest BCUT2D eigenvalue weighted by Crippen LogP contribution is -2.27. The third-order valence-electron chi connectivity index (χ3n) is 4.85. The highest BCUT2D eigenvalue weighted by atomic mass is 127. The molecule has 186 valence electrons. The van der Waals surface area contributed by atoms with Gasteiger partial charge in [-0.1, -0.05) is 28.9 Å². The standard InChI is InChI=1S/C26H23ClFIN4O3/c1-26(2,3)36-25(34)30-22-12-18(29)7-9-20(22)23-14-33(32-31-23)19-8-10-24(21(27)13-19)35-15-16-5-4-6-17(28)11-16/h4-14H,15H2,1-3H3,(H,30,34). The number of halogens is 3. The van der Waals surface area contributed by atoms with Gasteiger partial charge in [-0.2, -0.15) is 0 Å². The minimum atomic E-state index is -0.623. The van der Waals surface area contributed by atoms with Crippen molar-refractivity contribution in [3.63, 3.8) is 0 Å². The highest BCUT2D eigenvalue weighted by Gasteiger charge is 2.19. The molecule has 0 spiro atoms. The van der Waals surface area contributed by atoms with E-state index in [4.69, 9.17) is 21.1 Å². The van der Waals surface area contributed by atoms with Crippen molar-refractivity contribution in [1.82, 2.24) is 15.0 Å². The average Bonchev–Trinajstić information content (AvgIpc) is 3.27. The smallest absolute Gasteiger partial charge is 0.412 e. The van der Waals surface area contributed by atoms with Crippen molar-refractivity contribution >= 4 is 46.0 Å². The first-order valence-corrected chi connectivity index (χ1v) is 12.4. The summed E-state index contributed by atoms with van der Waals surface area (Å²) in [5, 5.41) is 11.7. The Balaban J connectivity index is 1.53. The number of nitrogens with one attached hydrogen (secondary N) is 1. The molecule has 0 bridgehead atoms. The first kappa shape index (κ1) is 25.9. The minimum Gasteiger partial charge on any atom is -0.487 e. The quantitative estimate of drug-likeness (QED) is 0.230. The lowest BCUT2D eigenvalue weighted by Gasteiger charge is -2.20. The maximum absolute atomic E-state index is 13.4. The second-order valence-corrected chi connectivity index (χ2v) is 10.6. The third-order valence-corrected chi connectivity index (χ3v) is 5.82. The summed E-state index contributed by atoms with van der Waals surface area (Å²) in [7, 11) is 0. The monoisotopic (exact) mass is 620 g/mol. The summed E-state index contributed by atoms with van der Waals surface area (Å²) in [6.45, 7) is 5.59. The van der Waals surface area contributed by atoms with E-state index in [2.05, 4.69) is 38.2 Å². The number of amides is 1. The first-order chi connectivity index (χ1) is 17.1. The Kier molecular flexibility index (Phi) is 7.79. The van der Waals surface area contributed by atoms with Crippen molar-refractivity contribution in [2.75, 3.05) is 5.32 Å². The van der Waals surface area contributed by atoms with Gasteiger partial charge in [0.05, 0.1) is 22.6 Å². The Labute approximate surface area is 226 Å². The van der Waals surface area contributed by atoms with Crippen molar-refractivity contribution in [3.8, 4) is 22.7 Å². The molecule has 1 aromatic heterocycles. The van der Waals surface area contributed by atoms with Gasteiger partial charge in [0.2, 0.25) is 0 Å². The molecule has 0 aliphatic carbocycles. The Bertz CT molecular complexity index is 1400. The highest BCUT2D eigenvalue weighted by molar-refractivity contribution is 14.1. The number of benzene rings is 3. The molecule has 7 nitrogen and oxygen atoms in total. The minimum absolute atomic E-state index is 0.185. The van der Waals surface area contributed by atoms with E-state index in [1.807, 2.05) is 18.2 Å². The van der Waals surface area contributed by atoms with Crippen molar-refractivity contribution in [3.05, 3.63) is 86.8 Å². The van der Waals surface area contributed by atoms with Crippen LogP contribution < -0.4 is 10.1 Å². The summed E-state index contributed by atoms with van der Waals surface area (Å²) < 4.78 is 27.0. The van der Waals surface area contributed by atoms with Gasteiger partial charge in [0.25, 0.3) is 0 Å². The topological polar surface area (TPSA) is 78.3 Å². The van der Waals surface area contributed by atoms with Gasteiger partial charge in [-0.3, -0.25) is 5.32 Å². The molecule has 36 heavy (non-hydrogen) atoms. The van der Waals surface area contributed by atoms with Crippen molar-refractivity contribution in [2.24, 2.45) is 0 Å². The fourth-order valence-electron chi connectivity index (χ4n) is 3.31. The van der Waals surface area contributed by atoms with Gasteiger partial charge in [-0.05, 0) is 97.5 Å². The number of aromatic nitrogens is 3. The molecule has 0 saturated carbocycles. The lowest BCUT2D eigenvalue weighted by atomic mass is 10.1. The maximum Gasteiger partial charge on any atom is 0.412 e. The molecular weight excluding hydrogens is 598 g/mol. The van der Waals surface area contributed by atoms with Gasteiger partial charge < -0.3 is 9.47 Å². The molecule has 0 radical (unpaired) electrons. The number of anilines is 1.